The number of ether oxygens (including phenoxy) is 5. The first-order chi connectivity index (χ1) is 21.8. The van der Waals surface area contributed by atoms with Crippen LogP contribution >= 0.6 is 0 Å². The smallest absolute Gasteiger partial charge is 0.356 e. The van der Waals surface area contributed by atoms with Crippen molar-refractivity contribution in [2.75, 3.05) is 18.9 Å². The normalized spacial score (nSPS) is 13.5. The van der Waals surface area contributed by atoms with Crippen LogP contribution in [-0.2, 0) is 22.1 Å². The monoisotopic (exact) mass is 650 g/mol. The number of benzene rings is 3. The SMILES string of the molecule is Cc1c(C(=O)O)nn(C(C)(C)C)c1Oc1ccc(NC(=O)c2ccc3c(c2)OCO3)cc1S(=O)(=O)NCc1ccc2c(c1)OCO2. The van der Waals surface area contributed by atoms with E-state index in [1.807, 2.05) is 0 Å². The van der Waals surface area contributed by atoms with Crippen molar-refractivity contribution in [2.45, 2.75) is 44.7 Å². The fraction of sp³-hybridized carbons (Fsp3) is 0.258. The number of nitrogens with zero attached hydrogens (tertiary/aromatic N) is 2. The number of carboxylic acid groups (broad SMARTS) is 1. The molecule has 1 aromatic heterocycles. The van der Waals surface area contributed by atoms with Crippen molar-refractivity contribution >= 4 is 27.6 Å². The van der Waals surface area contributed by atoms with Crippen LogP contribution in [0.5, 0.6) is 34.6 Å². The van der Waals surface area contributed by atoms with Crippen molar-refractivity contribution in [2.24, 2.45) is 0 Å². The molecule has 2 aliphatic heterocycles. The number of nitrogens with one attached hydrogen (secondary N) is 2. The van der Waals surface area contributed by atoms with Crippen LogP contribution in [0.1, 0.15) is 52.7 Å². The van der Waals surface area contributed by atoms with Gasteiger partial charge in [-0.15, -0.1) is 0 Å². The molecule has 4 aromatic rings. The molecule has 0 fully saturated rings. The van der Waals surface area contributed by atoms with E-state index in [1.54, 1.807) is 51.1 Å². The molecule has 3 N–H and O–H groups in total. The molecule has 15 heteroatoms. The second-order valence-corrected chi connectivity index (χ2v) is 13.2. The highest BCUT2D eigenvalue weighted by molar-refractivity contribution is 7.89. The third kappa shape index (κ3) is 6.01. The summed E-state index contributed by atoms with van der Waals surface area (Å²) in [4.78, 5) is 24.7. The Morgan fingerprint density at radius 1 is 0.935 bits per heavy atom. The zero-order valence-electron chi connectivity index (χ0n) is 25.2. The molecule has 0 aliphatic carbocycles. The molecule has 0 bridgehead atoms. The lowest BCUT2D eigenvalue weighted by atomic mass is 10.1. The summed E-state index contributed by atoms with van der Waals surface area (Å²) < 4.78 is 59.2. The van der Waals surface area contributed by atoms with Crippen molar-refractivity contribution in [1.29, 1.82) is 0 Å². The molecule has 1 amide bonds. The summed E-state index contributed by atoms with van der Waals surface area (Å²) in [5.74, 6) is 0.129. The highest BCUT2D eigenvalue weighted by Crippen LogP contribution is 2.38. The van der Waals surface area contributed by atoms with Crippen LogP contribution < -0.4 is 33.7 Å². The number of carbonyl (C=O) groups excluding carboxylic acids is 1. The van der Waals surface area contributed by atoms with Crippen LogP contribution in [0.3, 0.4) is 0 Å². The van der Waals surface area contributed by atoms with Crippen molar-refractivity contribution in [1.82, 2.24) is 14.5 Å². The van der Waals surface area contributed by atoms with Crippen molar-refractivity contribution in [3.05, 3.63) is 77.0 Å². The van der Waals surface area contributed by atoms with Gasteiger partial charge in [0.1, 0.15) is 10.6 Å². The number of carboxylic acids is 1. The van der Waals surface area contributed by atoms with E-state index in [2.05, 4.69) is 15.1 Å². The Hall–Kier alpha value is -5.28. The summed E-state index contributed by atoms with van der Waals surface area (Å²) in [6.07, 6.45) is 0. The molecule has 0 radical (unpaired) electrons. The first kappa shape index (κ1) is 30.7. The fourth-order valence-electron chi connectivity index (χ4n) is 4.79. The Balaban J connectivity index is 1.35. The molecule has 3 heterocycles. The van der Waals surface area contributed by atoms with Gasteiger partial charge in [-0.3, -0.25) is 4.79 Å². The molecule has 14 nitrogen and oxygen atoms in total. The van der Waals surface area contributed by atoms with Crippen LogP contribution in [0.4, 0.5) is 5.69 Å². The quantitative estimate of drug-likeness (QED) is 0.230. The maximum atomic E-state index is 13.9. The average molecular weight is 651 g/mol. The van der Waals surface area contributed by atoms with E-state index in [0.29, 0.717) is 28.6 Å². The number of aromatic nitrogens is 2. The van der Waals surface area contributed by atoms with Gasteiger partial charge in [-0.1, -0.05) is 6.07 Å². The molecule has 0 unspecified atom stereocenters. The van der Waals surface area contributed by atoms with Crippen LogP contribution in [0.25, 0.3) is 0 Å². The van der Waals surface area contributed by atoms with E-state index in [1.165, 1.54) is 35.9 Å². The first-order valence-electron chi connectivity index (χ1n) is 14.0. The van der Waals surface area contributed by atoms with Gasteiger partial charge in [0, 0.05) is 23.4 Å². The third-order valence-corrected chi connectivity index (χ3v) is 8.56. The molecule has 240 valence electrons. The molecule has 0 saturated heterocycles. The highest BCUT2D eigenvalue weighted by Gasteiger charge is 2.30. The molecule has 3 aromatic carbocycles. The van der Waals surface area contributed by atoms with Crippen LogP contribution in [-0.4, -0.2) is 48.8 Å². The molecule has 0 saturated carbocycles. The lowest BCUT2D eigenvalue weighted by Gasteiger charge is -2.23. The number of hydrogen-bond donors (Lipinski definition) is 3. The topological polar surface area (TPSA) is 177 Å². The van der Waals surface area contributed by atoms with Crippen LogP contribution in [0.2, 0.25) is 0 Å². The summed E-state index contributed by atoms with van der Waals surface area (Å²) in [7, 11) is -4.31. The second-order valence-electron chi connectivity index (χ2n) is 11.5. The molecular formula is C31H30N4O10S. The minimum Gasteiger partial charge on any atom is -0.476 e. The lowest BCUT2D eigenvalue weighted by Crippen LogP contribution is -2.25. The largest absolute Gasteiger partial charge is 0.476 e. The van der Waals surface area contributed by atoms with Crippen molar-refractivity contribution in [3.8, 4) is 34.6 Å². The highest BCUT2D eigenvalue weighted by atomic mass is 32.2. The molecule has 2 aliphatic rings. The number of carbonyl (C=O) groups is 2. The summed E-state index contributed by atoms with van der Waals surface area (Å²) in [5, 5.41) is 16.6. The van der Waals surface area contributed by atoms with Gasteiger partial charge in [0.2, 0.25) is 29.5 Å². The van der Waals surface area contributed by atoms with Gasteiger partial charge in [-0.2, -0.15) is 5.10 Å². The van der Waals surface area contributed by atoms with E-state index < -0.39 is 27.4 Å². The number of hydrogen-bond acceptors (Lipinski definition) is 10. The first-order valence-corrected chi connectivity index (χ1v) is 15.5. The maximum Gasteiger partial charge on any atom is 0.356 e. The Labute approximate surface area is 263 Å². The Morgan fingerprint density at radius 3 is 2.26 bits per heavy atom. The van der Waals surface area contributed by atoms with Gasteiger partial charge >= 0.3 is 5.97 Å². The summed E-state index contributed by atoms with van der Waals surface area (Å²) in [6, 6.07) is 13.9. The standard InChI is InChI=1S/C31H30N4O10S/c1-17-27(30(37)38)34-35(31(2,3)4)29(17)45-23-10-7-20(33-28(36)19-6-9-22-25(12-19)44-16-42-22)13-26(23)46(39,40)32-14-18-5-8-21-24(11-18)43-15-41-21/h5-13,32H,14-16H2,1-4H3,(H,33,36)(H,37,38). The van der Waals surface area contributed by atoms with E-state index in [4.69, 9.17) is 23.7 Å². The zero-order valence-corrected chi connectivity index (χ0v) is 26.1. The predicted octanol–water partition coefficient (Wildman–Crippen LogP) is 4.63. The Morgan fingerprint density at radius 2 is 1.59 bits per heavy atom. The number of sulfonamides is 1. The average Bonchev–Trinajstić information content (AvgIpc) is 3.75. The molecule has 6 rings (SSSR count). The number of fused-ring (bicyclic) bond motifs is 2. The minimum absolute atomic E-state index is 0.0455. The van der Waals surface area contributed by atoms with Gasteiger partial charge in [0.25, 0.3) is 5.91 Å². The van der Waals surface area contributed by atoms with Crippen molar-refractivity contribution < 1.29 is 46.8 Å². The van der Waals surface area contributed by atoms with Gasteiger partial charge < -0.3 is 34.1 Å². The minimum atomic E-state index is -4.31. The fourth-order valence-corrected chi connectivity index (χ4v) is 5.96. The number of rotatable bonds is 9. The lowest BCUT2D eigenvalue weighted by molar-refractivity contribution is 0.0687. The third-order valence-electron chi connectivity index (χ3n) is 7.14. The Kier molecular flexibility index (Phi) is 7.73. The van der Waals surface area contributed by atoms with Gasteiger partial charge in [-0.25, -0.2) is 22.6 Å². The van der Waals surface area contributed by atoms with Crippen LogP contribution in [0.15, 0.2) is 59.5 Å². The number of aromatic carboxylic acids is 1. The van der Waals surface area contributed by atoms with Gasteiger partial charge in [0.15, 0.2) is 28.7 Å². The van der Waals surface area contributed by atoms with Crippen molar-refractivity contribution in [3.63, 3.8) is 0 Å². The zero-order chi connectivity index (χ0) is 32.8. The number of anilines is 1. The van der Waals surface area contributed by atoms with E-state index in [-0.39, 0.29) is 59.2 Å². The molecule has 46 heavy (non-hydrogen) atoms. The van der Waals surface area contributed by atoms with E-state index >= 15 is 0 Å². The van der Waals surface area contributed by atoms with E-state index in [0.717, 1.165) is 0 Å². The van der Waals surface area contributed by atoms with Gasteiger partial charge in [-0.05, 0) is 81.8 Å². The summed E-state index contributed by atoms with van der Waals surface area (Å²) >= 11 is 0. The predicted molar refractivity (Wildman–Crippen MR) is 163 cm³/mol. The summed E-state index contributed by atoms with van der Waals surface area (Å²) in [5.41, 5.74) is 0.284. The van der Waals surface area contributed by atoms with Crippen LogP contribution in [0, 0.1) is 6.92 Å². The molecular weight excluding hydrogens is 620 g/mol. The number of amides is 1. The maximum absolute atomic E-state index is 13.9. The molecule has 0 atom stereocenters. The molecule has 0 spiro atoms. The van der Waals surface area contributed by atoms with Gasteiger partial charge in [0.05, 0.1) is 5.54 Å². The summed E-state index contributed by atoms with van der Waals surface area (Å²) in [6.45, 7) is 6.95. The Bertz CT molecular complexity index is 1980. The van der Waals surface area contributed by atoms with E-state index in [9.17, 15) is 23.1 Å². The second kappa shape index (κ2) is 11.6.